The summed E-state index contributed by atoms with van der Waals surface area (Å²) < 4.78 is 28.0. The molecule has 0 atom stereocenters. The van der Waals surface area contributed by atoms with Crippen molar-refractivity contribution in [1.29, 1.82) is 0 Å². The van der Waals surface area contributed by atoms with Gasteiger partial charge in [-0.05, 0) is 19.1 Å². The number of H-pyrrole nitrogens is 1. The number of rotatable bonds is 4. The van der Waals surface area contributed by atoms with Gasteiger partial charge in [0, 0.05) is 25.3 Å². The molecule has 3 rings (SSSR count). The van der Waals surface area contributed by atoms with E-state index >= 15 is 0 Å². The smallest absolute Gasteiger partial charge is 0.262 e. The van der Waals surface area contributed by atoms with Crippen molar-refractivity contribution in [2.45, 2.75) is 13.5 Å². The summed E-state index contributed by atoms with van der Waals surface area (Å²) in [6.07, 6.45) is 1.46. The standard InChI is InChI=1S/C15H15F2N5O/c1-3-22(9-4-5-11(16)12(17)6-9)8-13-19-14-10(15(23)20-13)7-18-21(14)2/h4-7H,3,8H2,1-2H3,(H,19,20,23). The Kier molecular flexibility index (Phi) is 3.81. The van der Waals surface area contributed by atoms with Gasteiger partial charge in [-0.15, -0.1) is 0 Å². The molecule has 3 aromatic rings. The van der Waals surface area contributed by atoms with E-state index < -0.39 is 11.6 Å². The number of nitrogens with one attached hydrogen (secondary N) is 1. The van der Waals surface area contributed by atoms with E-state index in [1.165, 1.54) is 16.9 Å². The van der Waals surface area contributed by atoms with E-state index in [0.29, 0.717) is 29.1 Å². The van der Waals surface area contributed by atoms with E-state index in [4.69, 9.17) is 0 Å². The van der Waals surface area contributed by atoms with Gasteiger partial charge in [-0.25, -0.2) is 13.8 Å². The second kappa shape index (κ2) is 5.79. The molecule has 0 aliphatic heterocycles. The molecule has 120 valence electrons. The molecule has 23 heavy (non-hydrogen) atoms. The lowest BCUT2D eigenvalue weighted by atomic mass is 10.2. The Morgan fingerprint density at radius 1 is 1.30 bits per heavy atom. The second-order valence-electron chi connectivity index (χ2n) is 5.13. The largest absolute Gasteiger partial charge is 0.364 e. The Balaban J connectivity index is 1.96. The minimum absolute atomic E-state index is 0.262. The zero-order valence-corrected chi connectivity index (χ0v) is 12.7. The molecule has 0 saturated carbocycles. The van der Waals surface area contributed by atoms with Gasteiger partial charge in [0.15, 0.2) is 17.3 Å². The Hall–Kier alpha value is -2.77. The topological polar surface area (TPSA) is 66.8 Å². The molecule has 0 aliphatic carbocycles. The number of aryl methyl sites for hydroxylation is 1. The van der Waals surface area contributed by atoms with Crippen LogP contribution in [0.4, 0.5) is 14.5 Å². The lowest BCUT2D eigenvalue weighted by Crippen LogP contribution is -2.25. The molecule has 0 spiro atoms. The minimum atomic E-state index is -0.913. The fraction of sp³-hybridized carbons (Fsp3) is 0.267. The van der Waals surface area contributed by atoms with Crippen molar-refractivity contribution in [2.75, 3.05) is 11.4 Å². The summed E-state index contributed by atoms with van der Waals surface area (Å²) in [4.78, 5) is 20.9. The van der Waals surface area contributed by atoms with Crippen LogP contribution in [0.1, 0.15) is 12.7 Å². The summed E-state index contributed by atoms with van der Waals surface area (Å²) >= 11 is 0. The van der Waals surface area contributed by atoms with Crippen LogP contribution < -0.4 is 10.5 Å². The molecule has 0 unspecified atom stereocenters. The van der Waals surface area contributed by atoms with Crippen molar-refractivity contribution >= 4 is 16.7 Å². The zero-order chi connectivity index (χ0) is 16.6. The van der Waals surface area contributed by atoms with Crippen molar-refractivity contribution in [2.24, 2.45) is 7.05 Å². The van der Waals surface area contributed by atoms with Gasteiger partial charge in [0.1, 0.15) is 11.2 Å². The number of halogens is 2. The predicted octanol–water partition coefficient (Wildman–Crippen LogP) is 1.96. The molecule has 0 amide bonds. The molecule has 6 nitrogen and oxygen atoms in total. The number of nitrogens with zero attached hydrogens (tertiary/aromatic N) is 4. The average Bonchev–Trinajstić information content (AvgIpc) is 2.90. The predicted molar refractivity (Wildman–Crippen MR) is 82.2 cm³/mol. The van der Waals surface area contributed by atoms with E-state index in [9.17, 15) is 13.6 Å². The monoisotopic (exact) mass is 319 g/mol. The van der Waals surface area contributed by atoms with Crippen molar-refractivity contribution in [1.82, 2.24) is 19.7 Å². The van der Waals surface area contributed by atoms with Gasteiger partial charge in [0.25, 0.3) is 5.56 Å². The quantitative estimate of drug-likeness (QED) is 0.798. The molecule has 0 fully saturated rings. The van der Waals surface area contributed by atoms with Crippen LogP contribution in [0.5, 0.6) is 0 Å². The van der Waals surface area contributed by atoms with Gasteiger partial charge in [0.2, 0.25) is 0 Å². The average molecular weight is 319 g/mol. The minimum Gasteiger partial charge on any atom is -0.364 e. The molecule has 1 aromatic carbocycles. The first-order chi connectivity index (χ1) is 11.0. The fourth-order valence-corrected chi connectivity index (χ4v) is 2.40. The maximum atomic E-state index is 13.4. The third-order valence-electron chi connectivity index (χ3n) is 3.64. The van der Waals surface area contributed by atoms with Crippen LogP contribution in [0.3, 0.4) is 0 Å². The molecule has 0 saturated heterocycles. The van der Waals surface area contributed by atoms with E-state index in [0.717, 1.165) is 12.1 Å². The first-order valence-electron chi connectivity index (χ1n) is 7.10. The van der Waals surface area contributed by atoms with Crippen LogP contribution in [-0.4, -0.2) is 26.3 Å². The van der Waals surface area contributed by atoms with Gasteiger partial charge in [0.05, 0.1) is 12.7 Å². The highest BCUT2D eigenvalue weighted by atomic mass is 19.2. The fourth-order valence-electron chi connectivity index (χ4n) is 2.40. The second-order valence-corrected chi connectivity index (χ2v) is 5.13. The number of aromatic amines is 1. The van der Waals surface area contributed by atoms with Crippen LogP contribution in [-0.2, 0) is 13.6 Å². The Bertz CT molecular complexity index is 918. The number of anilines is 1. The highest BCUT2D eigenvalue weighted by Gasteiger charge is 2.13. The summed E-state index contributed by atoms with van der Waals surface area (Å²) in [5, 5.41) is 4.42. The molecule has 8 heteroatoms. The normalized spacial score (nSPS) is 11.1. The summed E-state index contributed by atoms with van der Waals surface area (Å²) in [6.45, 7) is 2.68. The van der Waals surface area contributed by atoms with Gasteiger partial charge < -0.3 is 9.88 Å². The van der Waals surface area contributed by atoms with Crippen molar-refractivity contribution in [3.05, 3.63) is 52.2 Å². The number of hydrogen-bond donors (Lipinski definition) is 1. The van der Waals surface area contributed by atoms with Crippen molar-refractivity contribution in [3.63, 3.8) is 0 Å². The van der Waals surface area contributed by atoms with Crippen LogP contribution in [0, 0.1) is 11.6 Å². The van der Waals surface area contributed by atoms with Gasteiger partial charge in [-0.1, -0.05) is 0 Å². The molecule has 0 radical (unpaired) electrons. The molecule has 2 aromatic heterocycles. The maximum Gasteiger partial charge on any atom is 0.262 e. The Morgan fingerprint density at radius 2 is 2.09 bits per heavy atom. The number of hydrogen-bond acceptors (Lipinski definition) is 4. The van der Waals surface area contributed by atoms with E-state index in [2.05, 4.69) is 15.1 Å². The lowest BCUT2D eigenvalue weighted by Gasteiger charge is -2.22. The van der Waals surface area contributed by atoms with E-state index in [-0.39, 0.29) is 12.1 Å². The van der Waals surface area contributed by atoms with Gasteiger partial charge >= 0.3 is 0 Å². The highest BCUT2D eigenvalue weighted by molar-refractivity contribution is 5.72. The zero-order valence-electron chi connectivity index (χ0n) is 12.7. The molecule has 0 bridgehead atoms. The summed E-state index contributed by atoms with van der Waals surface area (Å²) in [5.74, 6) is -1.38. The number of fused-ring (bicyclic) bond motifs is 1. The summed E-state index contributed by atoms with van der Waals surface area (Å²) in [6, 6.07) is 3.69. The first kappa shape index (κ1) is 15.1. The van der Waals surface area contributed by atoms with Crippen molar-refractivity contribution in [3.8, 4) is 0 Å². The van der Waals surface area contributed by atoms with Gasteiger partial charge in [-0.2, -0.15) is 5.10 Å². The summed E-state index contributed by atoms with van der Waals surface area (Å²) in [7, 11) is 1.70. The SMILES string of the molecule is CCN(Cc1nc2c(cnn2C)c(=O)[nH]1)c1ccc(F)c(F)c1. The molecule has 0 aliphatic rings. The first-order valence-corrected chi connectivity index (χ1v) is 7.10. The number of aromatic nitrogens is 4. The van der Waals surface area contributed by atoms with Crippen LogP contribution in [0.25, 0.3) is 11.0 Å². The van der Waals surface area contributed by atoms with Crippen molar-refractivity contribution < 1.29 is 8.78 Å². The van der Waals surface area contributed by atoms with E-state index in [1.807, 2.05) is 6.92 Å². The Labute approximate surface area is 130 Å². The van der Waals surface area contributed by atoms with Gasteiger partial charge in [-0.3, -0.25) is 9.48 Å². The highest BCUT2D eigenvalue weighted by Crippen LogP contribution is 2.19. The summed E-state index contributed by atoms with van der Waals surface area (Å²) in [5.41, 5.74) is 0.712. The van der Waals surface area contributed by atoms with Crippen LogP contribution in [0.2, 0.25) is 0 Å². The Morgan fingerprint density at radius 3 is 2.78 bits per heavy atom. The maximum absolute atomic E-state index is 13.4. The molecule has 1 N–H and O–H groups in total. The van der Waals surface area contributed by atoms with Crippen LogP contribution in [0.15, 0.2) is 29.2 Å². The van der Waals surface area contributed by atoms with Crippen LogP contribution >= 0.6 is 0 Å². The molecule has 2 heterocycles. The van der Waals surface area contributed by atoms with E-state index in [1.54, 1.807) is 11.9 Å². The molecular formula is C15H15F2N5O. The third-order valence-corrected chi connectivity index (χ3v) is 3.64. The molecular weight excluding hydrogens is 304 g/mol. The lowest BCUT2D eigenvalue weighted by molar-refractivity contribution is 0.508. The third kappa shape index (κ3) is 2.79. The number of benzene rings is 1.